The van der Waals surface area contributed by atoms with E-state index in [0.29, 0.717) is 0 Å². The fourth-order valence-electron chi connectivity index (χ4n) is 0.975. The highest BCUT2D eigenvalue weighted by Crippen LogP contribution is 2.19. The maximum atomic E-state index is 10.5. The van der Waals surface area contributed by atoms with Crippen LogP contribution in [0.15, 0.2) is 11.6 Å². The maximum absolute atomic E-state index is 10.5. The minimum absolute atomic E-state index is 0.00514. The van der Waals surface area contributed by atoms with E-state index in [-0.39, 0.29) is 12.6 Å². The van der Waals surface area contributed by atoms with Crippen LogP contribution in [0, 0.1) is 0 Å². The fourth-order valence-corrected chi connectivity index (χ4v) is 1.75. The van der Waals surface area contributed by atoms with Gasteiger partial charge in [-0.15, -0.1) is 11.3 Å². The van der Waals surface area contributed by atoms with E-state index in [9.17, 15) is 4.79 Å². The first-order chi connectivity index (χ1) is 6.11. The monoisotopic (exact) mass is 200 g/mol. The average Bonchev–Trinajstić information content (AvgIpc) is 2.50. The molecule has 0 atom stereocenters. The number of carboxylic acid groups (broad SMARTS) is 1. The van der Waals surface area contributed by atoms with E-state index in [1.165, 1.54) is 11.3 Å². The van der Waals surface area contributed by atoms with E-state index < -0.39 is 5.97 Å². The Morgan fingerprint density at radius 1 is 1.77 bits per heavy atom. The van der Waals surface area contributed by atoms with Crippen LogP contribution < -0.4 is 4.90 Å². The first-order valence-corrected chi connectivity index (χ1v) is 4.87. The van der Waals surface area contributed by atoms with Crippen LogP contribution in [-0.4, -0.2) is 28.6 Å². The third-order valence-electron chi connectivity index (χ3n) is 1.59. The summed E-state index contributed by atoms with van der Waals surface area (Å²) in [7, 11) is 0. The molecule has 1 heterocycles. The predicted octanol–water partition coefficient (Wildman–Crippen LogP) is 1.44. The SMILES string of the molecule is CC(C)N(CC(=O)O)c1nccs1. The van der Waals surface area contributed by atoms with E-state index in [1.807, 2.05) is 19.2 Å². The zero-order valence-electron chi connectivity index (χ0n) is 7.60. The van der Waals surface area contributed by atoms with E-state index >= 15 is 0 Å². The summed E-state index contributed by atoms with van der Waals surface area (Å²) >= 11 is 1.45. The lowest BCUT2D eigenvalue weighted by atomic mass is 10.3. The summed E-state index contributed by atoms with van der Waals surface area (Å²) in [5.41, 5.74) is 0. The second-order valence-electron chi connectivity index (χ2n) is 2.93. The molecule has 0 spiro atoms. The molecule has 4 nitrogen and oxygen atoms in total. The zero-order valence-corrected chi connectivity index (χ0v) is 8.41. The van der Waals surface area contributed by atoms with Crippen LogP contribution in [0.3, 0.4) is 0 Å². The normalized spacial score (nSPS) is 10.4. The smallest absolute Gasteiger partial charge is 0.323 e. The van der Waals surface area contributed by atoms with Gasteiger partial charge in [0, 0.05) is 17.6 Å². The molecular weight excluding hydrogens is 188 g/mol. The second kappa shape index (κ2) is 4.23. The number of aromatic nitrogens is 1. The molecule has 72 valence electrons. The summed E-state index contributed by atoms with van der Waals surface area (Å²) in [5.74, 6) is -0.830. The first kappa shape index (κ1) is 9.98. The van der Waals surface area contributed by atoms with Gasteiger partial charge >= 0.3 is 5.97 Å². The first-order valence-electron chi connectivity index (χ1n) is 3.99. The van der Waals surface area contributed by atoms with Gasteiger partial charge in [0.2, 0.25) is 0 Å². The number of thiazole rings is 1. The Morgan fingerprint density at radius 3 is 2.85 bits per heavy atom. The Bertz CT molecular complexity index is 272. The van der Waals surface area contributed by atoms with E-state index in [2.05, 4.69) is 4.98 Å². The van der Waals surface area contributed by atoms with Crippen molar-refractivity contribution < 1.29 is 9.90 Å². The summed E-state index contributed by atoms with van der Waals surface area (Å²) in [6, 6.07) is 0.155. The van der Waals surface area contributed by atoms with Crippen molar-refractivity contribution in [2.45, 2.75) is 19.9 Å². The molecule has 13 heavy (non-hydrogen) atoms. The van der Waals surface area contributed by atoms with Gasteiger partial charge in [0.1, 0.15) is 6.54 Å². The average molecular weight is 200 g/mol. The molecule has 0 fully saturated rings. The van der Waals surface area contributed by atoms with Gasteiger partial charge in [-0.1, -0.05) is 0 Å². The predicted molar refractivity (Wildman–Crippen MR) is 52.2 cm³/mol. The Labute approximate surface area is 80.8 Å². The fraction of sp³-hybridized carbons (Fsp3) is 0.500. The molecule has 0 saturated heterocycles. The molecule has 0 aromatic carbocycles. The number of hydrogen-bond donors (Lipinski definition) is 1. The lowest BCUT2D eigenvalue weighted by Gasteiger charge is -2.23. The third kappa shape index (κ3) is 2.69. The van der Waals surface area contributed by atoms with Crippen molar-refractivity contribution >= 4 is 22.4 Å². The minimum Gasteiger partial charge on any atom is -0.480 e. The van der Waals surface area contributed by atoms with Crippen LogP contribution in [0.1, 0.15) is 13.8 Å². The van der Waals surface area contributed by atoms with Crippen LogP contribution in [0.2, 0.25) is 0 Å². The molecule has 1 aromatic rings. The Morgan fingerprint density at radius 2 is 2.46 bits per heavy atom. The van der Waals surface area contributed by atoms with Gasteiger partial charge in [0.05, 0.1) is 0 Å². The van der Waals surface area contributed by atoms with Gasteiger partial charge in [-0.05, 0) is 13.8 Å². The lowest BCUT2D eigenvalue weighted by molar-refractivity contribution is -0.135. The number of hydrogen-bond acceptors (Lipinski definition) is 4. The summed E-state index contributed by atoms with van der Waals surface area (Å²) in [5, 5.41) is 11.3. The molecule has 1 rings (SSSR count). The summed E-state index contributed by atoms with van der Waals surface area (Å²) < 4.78 is 0. The van der Waals surface area contributed by atoms with E-state index in [1.54, 1.807) is 11.1 Å². The van der Waals surface area contributed by atoms with Gasteiger partial charge in [-0.25, -0.2) is 4.98 Å². The summed E-state index contributed by atoms with van der Waals surface area (Å²) in [4.78, 5) is 16.4. The van der Waals surface area contributed by atoms with Crippen molar-refractivity contribution in [3.8, 4) is 0 Å². The Kier molecular flexibility index (Phi) is 3.25. The standard InChI is InChI=1S/C8H12N2O2S/c1-6(2)10(5-7(11)12)8-9-3-4-13-8/h3-4,6H,5H2,1-2H3,(H,11,12). The molecule has 0 aliphatic carbocycles. The lowest BCUT2D eigenvalue weighted by Crippen LogP contribution is -2.35. The second-order valence-corrected chi connectivity index (χ2v) is 3.80. The largest absolute Gasteiger partial charge is 0.480 e. The van der Waals surface area contributed by atoms with E-state index in [4.69, 9.17) is 5.11 Å². The molecule has 0 unspecified atom stereocenters. The van der Waals surface area contributed by atoms with Crippen molar-refractivity contribution in [1.82, 2.24) is 4.98 Å². The van der Waals surface area contributed by atoms with Crippen LogP contribution in [0.25, 0.3) is 0 Å². The van der Waals surface area contributed by atoms with Gasteiger partial charge in [0.25, 0.3) is 0 Å². The molecule has 0 aliphatic heterocycles. The number of nitrogens with zero attached hydrogens (tertiary/aromatic N) is 2. The molecule has 0 aliphatic rings. The molecular formula is C8H12N2O2S. The van der Waals surface area contributed by atoms with E-state index in [0.717, 1.165) is 5.13 Å². The number of aliphatic carboxylic acids is 1. The van der Waals surface area contributed by atoms with Gasteiger partial charge in [-0.2, -0.15) is 0 Å². The van der Waals surface area contributed by atoms with Gasteiger partial charge in [0.15, 0.2) is 5.13 Å². The van der Waals surface area contributed by atoms with Gasteiger partial charge < -0.3 is 10.0 Å². The summed E-state index contributed by atoms with van der Waals surface area (Å²) in [6.07, 6.45) is 1.68. The van der Waals surface area contributed by atoms with Crippen LogP contribution in [0.5, 0.6) is 0 Å². The molecule has 0 amide bonds. The van der Waals surface area contributed by atoms with Crippen molar-refractivity contribution in [2.75, 3.05) is 11.4 Å². The number of carbonyl (C=O) groups is 1. The number of carboxylic acids is 1. The minimum atomic E-state index is -0.830. The van der Waals surface area contributed by atoms with Crippen molar-refractivity contribution in [3.63, 3.8) is 0 Å². The maximum Gasteiger partial charge on any atom is 0.323 e. The van der Waals surface area contributed by atoms with Crippen molar-refractivity contribution in [3.05, 3.63) is 11.6 Å². The Balaban J connectivity index is 2.74. The zero-order chi connectivity index (χ0) is 9.84. The van der Waals surface area contributed by atoms with Crippen molar-refractivity contribution in [2.24, 2.45) is 0 Å². The Hall–Kier alpha value is -1.10. The van der Waals surface area contributed by atoms with Crippen LogP contribution >= 0.6 is 11.3 Å². The molecule has 5 heteroatoms. The topological polar surface area (TPSA) is 53.4 Å². The molecule has 1 aromatic heterocycles. The van der Waals surface area contributed by atoms with Crippen LogP contribution in [-0.2, 0) is 4.79 Å². The van der Waals surface area contributed by atoms with Gasteiger partial charge in [-0.3, -0.25) is 4.79 Å². The molecule has 1 N–H and O–H groups in total. The highest BCUT2D eigenvalue weighted by molar-refractivity contribution is 7.13. The number of anilines is 1. The summed E-state index contributed by atoms with van der Waals surface area (Å²) in [6.45, 7) is 3.90. The third-order valence-corrected chi connectivity index (χ3v) is 2.40. The molecule has 0 bridgehead atoms. The van der Waals surface area contributed by atoms with Crippen LogP contribution in [0.4, 0.5) is 5.13 Å². The quantitative estimate of drug-likeness (QED) is 0.799. The highest BCUT2D eigenvalue weighted by Gasteiger charge is 2.15. The van der Waals surface area contributed by atoms with Crippen molar-refractivity contribution in [1.29, 1.82) is 0 Å². The highest BCUT2D eigenvalue weighted by atomic mass is 32.1. The molecule has 0 radical (unpaired) electrons. The number of rotatable bonds is 4. The molecule has 0 saturated carbocycles.